The van der Waals surface area contributed by atoms with Gasteiger partial charge in [-0.1, -0.05) is 0 Å². The Hall–Kier alpha value is -1.35. The standard InChI is InChI=1S/C12H17NO2/c1-12(2,3)13-8-11(15)9-4-6-10(14)7-5-9/h4-7,13-14H,8H2,1-3H3. The zero-order valence-electron chi connectivity index (χ0n) is 9.37. The molecule has 2 N–H and O–H groups in total. The third-order valence-electron chi connectivity index (χ3n) is 1.97. The van der Waals surface area contributed by atoms with Crippen LogP contribution in [-0.4, -0.2) is 23.0 Å². The number of Topliss-reactive ketones (excluding diaryl/α,β-unsaturated/α-hetero) is 1. The first-order valence-corrected chi connectivity index (χ1v) is 4.96. The Morgan fingerprint density at radius 1 is 1.27 bits per heavy atom. The molecule has 0 unspecified atom stereocenters. The van der Waals surface area contributed by atoms with Crippen LogP contribution in [0.25, 0.3) is 0 Å². The van der Waals surface area contributed by atoms with Gasteiger partial charge in [0.15, 0.2) is 5.78 Å². The van der Waals surface area contributed by atoms with Gasteiger partial charge in [-0.2, -0.15) is 0 Å². The summed E-state index contributed by atoms with van der Waals surface area (Å²) in [5, 5.41) is 12.2. The monoisotopic (exact) mass is 207 g/mol. The molecule has 0 bridgehead atoms. The first-order valence-electron chi connectivity index (χ1n) is 4.96. The molecule has 3 nitrogen and oxygen atoms in total. The van der Waals surface area contributed by atoms with E-state index in [-0.39, 0.29) is 17.1 Å². The van der Waals surface area contributed by atoms with Crippen LogP contribution in [0.5, 0.6) is 5.75 Å². The number of aromatic hydroxyl groups is 1. The molecule has 0 aliphatic heterocycles. The van der Waals surface area contributed by atoms with Crippen molar-refractivity contribution in [1.82, 2.24) is 5.32 Å². The molecule has 0 aromatic heterocycles. The van der Waals surface area contributed by atoms with E-state index in [4.69, 9.17) is 5.11 Å². The van der Waals surface area contributed by atoms with Gasteiger partial charge in [-0.25, -0.2) is 0 Å². The van der Waals surface area contributed by atoms with Crippen molar-refractivity contribution in [3.63, 3.8) is 0 Å². The summed E-state index contributed by atoms with van der Waals surface area (Å²) >= 11 is 0. The smallest absolute Gasteiger partial charge is 0.176 e. The van der Waals surface area contributed by atoms with Crippen molar-refractivity contribution in [1.29, 1.82) is 0 Å². The molecule has 0 saturated carbocycles. The highest BCUT2D eigenvalue weighted by molar-refractivity contribution is 5.97. The number of nitrogens with one attached hydrogen (secondary N) is 1. The minimum Gasteiger partial charge on any atom is -0.508 e. The van der Waals surface area contributed by atoms with Crippen LogP contribution >= 0.6 is 0 Å². The average Bonchev–Trinajstić information content (AvgIpc) is 2.14. The van der Waals surface area contributed by atoms with Gasteiger partial charge in [0.25, 0.3) is 0 Å². The highest BCUT2D eigenvalue weighted by atomic mass is 16.3. The molecule has 0 spiro atoms. The second-order valence-corrected chi connectivity index (χ2v) is 4.57. The Bertz CT molecular complexity index is 336. The number of benzene rings is 1. The lowest BCUT2D eigenvalue weighted by molar-refractivity contribution is 0.0982. The Balaban J connectivity index is 2.58. The first-order chi connectivity index (χ1) is 6.88. The predicted octanol–water partition coefficient (Wildman–Crippen LogP) is 1.96. The molecule has 0 aliphatic carbocycles. The third kappa shape index (κ3) is 4.13. The third-order valence-corrected chi connectivity index (χ3v) is 1.97. The van der Waals surface area contributed by atoms with Crippen LogP contribution in [-0.2, 0) is 0 Å². The average molecular weight is 207 g/mol. The van der Waals surface area contributed by atoms with Crippen LogP contribution in [0, 0.1) is 0 Å². The van der Waals surface area contributed by atoms with E-state index in [1.807, 2.05) is 20.8 Å². The van der Waals surface area contributed by atoms with Crippen molar-refractivity contribution in [2.24, 2.45) is 0 Å². The van der Waals surface area contributed by atoms with E-state index in [1.165, 1.54) is 12.1 Å². The van der Waals surface area contributed by atoms with E-state index in [1.54, 1.807) is 12.1 Å². The molecule has 82 valence electrons. The molecule has 0 radical (unpaired) electrons. The molecule has 1 rings (SSSR count). The number of rotatable bonds is 3. The van der Waals surface area contributed by atoms with E-state index in [9.17, 15) is 4.79 Å². The van der Waals surface area contributed by atoms with E-state index >= 15 is 0 Å². The van der Waals surface area contributed by atoms with E-state index < -0.39 is 0 Å². The van der Waals surface area contributed by atoms with Crippen LogP contribution in [0.1, 0.15) is 31.1 Å². The summed E-state index contributed by atoms with van der Waals surface area (Å²) in [5.74, 6) is 0.209. The highest BCUT2D eigenvalue weighted by Crippen LogP contribution is 2.10. The maximum absolute atomic E-state index is 11.7. The lowest BCUT2D eigenvalue weighted by atomic mass is 10.1. The normalized spacial score (nSPS) is 11.4. The molecule has 1 aromatic carbocycles. The second-order valence-electron chi connectivity index (χ2n) is 4.57. The minimum atomic E-state index is -0.0629. The molecule has 0 aliphatic rings. The summed E-state index contributed by atoms with van der Waals surface area (Å²) in [6.45, 7) is 6.35. The van der Waals surface area contributed by atoms with Crippen LogP contribution in [0.4, 0.5) is 0 Å². The van der Waals surface area contributed by atoms with Gasteiger partial charge in [0.05, 0.1) is 6.54 Å². The van der Waals surface area contributed by atoms with Crippen LogP contribution in [0.3, 0.4) is 0 Å². The van der Waals surface area contributed by atoms with Crippen molar-refractivity contribution >= 4 is 5.78 Å². The van der Waals surface area contributed by atoms with Crippen molar-refractivity contribution in [3.05, 3.63) is 29.8 Å². The number of phenols is 1. The van der Waals surface area contributed by atoms with Gasteiger partial charge in [0.1, 0.15) is 5.75 Å². The lowest BCUT2D eigenvalue weighted by Gasteiger charge is -2.19. The number of hydrogen-bond acceptors (Lipinski definition) is 3. The molecule has 0 heterocycles. The van der Waals surface area contributed by atoms with Crippen molar-refractivity contribution in [3.8, 4) is 5.75 Å². The highest BCUT2D eigenvalue weighted by Gasteiger charge is 2.12. The van der Waals surface area contributed by atoms with Crippen molar-refractivity contribution < 1.29 is 9.90 Å². The number of carbonyl (C=O) groups excluding carboxylic acids is 1. The fourth-order valence-electron chi connectivity index (χ4n) is 1.09. The van der Waals surface area contributed by atoms with Crippen molar-refractivity contribution in [2.45, 2.75) is 26.3 Å². The molecule has 1 aromatic rings. The molecular formula is C12H17NO2. The van der Waals surface area contributed by atoms with E-state index in [2.05, 4.69) is 5.32 Å². The summed E-state index contributed by atoms with van der Waals surface area (Å²) < 4.78 is 0. The molecule has 0 fully saturated rings. The van der Waals surface area contributed by atoms with Gasteiger partial charge < -0.3 is 10.4 Å². The van der Waals surface area contributed by atoms with Gasteiger partial charge in [0, 0.05) is 11.1 Å². The van der Waals surface area contributed by atoms with Gasteiger partial charge in [-0.05, 0) is 45.0 Å². The summed E-state index contributed by atoms with van der Waals surface area (Å²) in [5.41, 5.74) is 0.552. The summed E-state index contributed by atoms with van der Waals surface area (Å²) in [6, 6.07) is 6.29. The van der Waals surface area contributed by atoms with E-state index in [0.717, 1.165) is 0 Å². The molecule has 3 heteroatoms. The van der Waals surface area contributed by atoms with Crippen LogP contribution < -0.4 is 5.32 Å². The Morgan fingerprint density at radius 3 is 2.27 bits per heavy atom. The minimum absolute atomic E-state index is 0.0323. The number of hydrogen-bond donors (Lipinski definition) is 2. The summed E-state index contributed by atoms with van der Waals surface area (Å²) in [4.78, 5) is 11.7. The molecule has 15 heavy (non-hydrogen) atoms. The van der Waals surface area contributed by atoms with Gasteiger partial charge in [0.2, 0.25) is 0 Å². The lowest BCUT2D eigenvalue weighted by Crippen LogP contribution is -2.39. The Labute approximate surface area is 90.1 Å². The fraction of sp³-hybridized carbons (Fsp3) is 0.417. The zero-order chi connectivity index (χ0) is 11.5. The van der Waals surface area contributed by atoms with Crippen LogP contribution in [0.2, 0.25) is 0 Å². The largest absolute Gasteiger partial charge is 0.508 e. The summed E-state index contributed by atoms with van der Waals surface area (Å²) in [6.07, 6.45) is 0. The van der Waals surface area contributed by atoms with Crippen LogP contribution in [0.15, 0.2) is 24.3 Å². The predicted molar refractivity (Wildman–Crippen MR) is 60.2 cm³/mol. The summed E-state index contributed by atoms with van der Waals surface area (Å²) in [7, 11) is 0. The second kappa shape index (κ2) is 4.45. The molecule has 0 amide bonds. The number of ketones is 1. The van der Waals surface area contributed by atoms with E-state index in [0.29, 0.717) is 12.1 Å². The Kier molecular flexibility index (Phi) is 3.48. The Morgan fingerprint density at radius 2 is 1.80 bits per heavy atom. The fourth-order valence-corrected chi connectivity index (χ4v) is 1.09. The quantitative estimate of drug-likeness (QED) is 0.745. The topological polar surface area (TPSA) is 49.3 Å². The maximum atomic E-state index is 11.7. The van der Waals surface area contributed by atoms with Gasteiger partial charge in [-0.3, -0.25) is 4.79 Å². The first kappa shape index (κ1) is 11.7. The number of phenolic OH excluding ortho intramolecular Hbond substituents is 1. The molecule has 0 atom stereocenters. The van der Waals surface area contributed by atoms with Crippen molar-refractivity contribution in [2.75, 3.05) is 6.54 Å². The van der Waals surface area contributed by atoms with Gasteiger partial charge >= 0.3 is 0 Å². The van der Waals surface area contributed by atoms with Gasteiger partial charge in [-0.15, -0.1) is 0 Å². The number of carbonyl (C=O) groups is 1. The zero-order valence-corrected chi connectivity index (χ0v) is 9.37. The molecular weight excluding hydrogens is 190 g/mol. The SMILES string of the molecule is CC(C)(C)NCC(=O)c1ccc(O)cc1. The maximum Gasteiger partial charge on any atom is 0.176 e. The molecule has 0 saturated heterocycles.